The fourth-order valence-electron chi connectivity index (χ4n) is 2.52. The van der Waals surface area contributed by atoms with Gasteiger partial charge in [0.1, 0.15) is 0 Å². The number of hydrogen-bond donors (Lipinski definition) is 2. The molecular formula is C12H24N2O. The Morgan fingerprint density at radius 3 is 2.80 bits per heavy atom. The molecule has 2 aliphatic rings. The van der Waals surface area contributed by atoms with Crippen molar-refractivity contribution in [2.24, 2.45) is 5.41 Å². The molecule has 0 aromatic carbocycles. The number of hydrogen-bond acceptors (Lipinski definition) is 3. The van der Waals surface area contributed by atoms with Gasteiger partial charge in [0.2, 0.25) is 0 Å². The lowest BCUT2D eigenvalue weighted by atomic mass is 9.87. The molecule has 0 spiro atoms. The van der Waals surface area contributed by atoms with Gasteiger partial charge in [0.15, 0.2) is 0 Å². The molecule has 2 atom stereocenters. The smallest absolute Gasteiger partial charge is 0.0645 e. The maximum absolute atomic E-state index is 5.56. The van der Waals surface area contributed by atoms with E-state index in [-0.39, 0.29) is 5.54 Å². The Morgan fingerprint density at radius 2 is 2.20 bits per heavy atom. The molecule has 0 saturated carbocycles. The van der Waals surface area contributed by atoms with Crippen LogP contribution in [0.4, 0.5) is 0 Å². The second-order valence-corrected chi connectivity index (χ2v) is 5.81. The Kier molecular flexibility index (Phi) is 3.33. The standard InChI is InChI=1S/C12H24N2O/c1-11(5-6-13-8-11)9-14-12(2)4-3-7-15-10-12/h13-14H,3-10H2,1-2H3. The van der Waals surface area contributed by atoms with Crippen LogP contribution in [0.3, 0.4) is 0 Å². The van der Waals surface area contributed by atoms with Gasteiger partial charge in [-0.2, -0.15) is 0 Å². The monoisotopic (exact) mass is 212 g/mol. The SMILES string of the molecule is CC1(CNC2(C)CCCOC2)CCNC1. The average Bonchev–Trinajstić information content (AvgIpc) is 2.65. The minimum atomic E-state index is 0.212. The topological polar surface area (TPSA) is 33.3 Å². The Hall–Kier alpha value is -0.120. The molecule has 0 bridgehead atoms. The van der Waals surface area contributed by atoms with Crippen molar-refractivity contribution in [3.05, 3.63) is 0 Å². The van der Waals surface area contributed by atoms with Crippen LogP contribution in [0.2, 0.25) is 0 Å². The van der Waals surface area contributed by atoms with Gasteiger partial charge >= 0.3 is 0 Å². The quantitative estimate of drug-likeness (QED) is 0.736. The zero-order valence-electron chi connectivity index (χ0n) is 10.1. The first-order chi connectivity index (χ1) is 7.12. The van der Waals surface area contributed by atoms with E-state index in [0.717, 1.165) is 26.3 Å². The van der Waals surface area contributed by atoms with Gasteiger partial charge in [-0.1, -0.05) is 6.92 Å². The highest BCUT2D eigenvalue weighted by atomic mass is 16.5. The molecule has 0 radical (unpaired) electrons. The third-order valence-corrected chi connectivity index (χ3v) is 3.84. The maximum Gasteiger partial charge on any atom is 0.0645 e. The largest absolute Gasteiger partial charge is 0.380 e. The fourth-order valence-corrected chi connectivity index (χ4v) is 2.52. The highest BCUT2D eigenvalue weighted by Crippen LogP contribution is 2.26. The lowest BCUT2D eigenvalue weighted by Gasteiger charge is -2.37. The van der Waals surface area contributed by atoms with Gasteiger partial charge in [0.05, 0.1) is 6.61 Å². The summed E-state index contributed by atoms with van der Waals surface area (Å²) in [7, 11) is 0. The van der Waals surface area contributed by atoms with E-state index >= 15 is 0 Å². The minimum Gasteiger partial charge on any atom is -0.380 e. The molecule has 0 aromatic rings. The lowest BCUT2D eigenvalue weighted by molar-refractivity contribution is 0.0243. The highest BCUT2D eigenvalue weighted by Gasteiger charge is 2.33. The first kappa shape index (κ1) is 11.4. The number of nitrogens with one attached hydrogen (secondary N) is 2. The molecule has 2 rings (SSSR count). The Morgan fingerprint density at radius 1 is 1.33 bits per heavy atom. The van der Waals surface area contributed by atoms with Crippen LogP contribution in [-0.2, 0) is 4.74 Å². The van der Waals surface area contributed by atoms with Crippen molar-refractivity contribution in [1.82, 2.24) is 10.6 Å². The van der Waals surface area contributed by atoms with E-state index in [1.165, 1.54) is 25.8 Å². The summed E-state index contributed by atoms with van der Waals surface area (Å²) in [6, 6.07) is 0. The summed E-state index contributed by atoms with van der Waals surface area (Å²) in [5.41, 5.74) is 0.657. The van der Waals surface area contributed by atoms with E-state index in [9.17, 15) is 0 Å². The summed E-state index contributed by atoms with van der Waals surface area (Å²) < 4.78 is 5.56. The average molecular weight is 212 g/mol. The lowest BCUT2D eigenvalue weighted by Crippen LogP contribution is -2.52. The molecule has 2 N–H and O–H groups in total. The minimum absolute atomic E-state index is 0.212. The van der Waals surface area contributed by atoms with Gasteiger partial charge in [-0.05, 0) is 38.1 Å². The highest BCUT2D eigenvalue weighted by molar-refractivity contribution is 4.91. The van der Waals surface area contributed by atoms with Gasteiger partial charge < -0.3 is 15.4 Å². The third-order valence-electron chi connectivity index (χ3n) is 3.84. The third kappa shape index (κ3) is 2.92. The predicted molar refractivity (Wildman–Crippen MR) is 62.1 cm³/mol. The van der Waals surface area contributed by atoms with Crippen molar-refractivity contribution >= 4 is 0 Å². The molecule has 2 aliphatic heterocycles. The van der Waals surface area contributed by atoms with Crippen LogP contribution in [0.25, 0.3) is 0 Å². The first-order valence-electron chi connectivity index (χ1n) is 6.16. The van der Waals surface area contributed by atoms with Crippen LogP contribution in [0.15, 0.2) is 0 Å². The van der Waals surface area contributed by atoms with Gasteiger partial charge in [-0.25, -0.2) is 0 Å². The summed E-state index contributed by atoms with van der Waals surface area (Å²) >= 11 is 0. The van der Waals surface area contributed by atoms with E-state index in [1.807, 2.05) is 0 Å². The number of ether oxygens (including phenoxy) is 1. The van der Waals surface area contributed by atoms with Crippen molar-refractivity contribution in [2.75, 3.05) is 32.8 Å². The predicted octanol–water partition coefficient (Wildman–Crippen LogP) is 1.14. The van der Waals surface area contributed by atoms with E-state index in [4.69, 9.17) is 4.74 Å². The van der Waals surface area contributed by atoms with Crippen LogP contribution >= 0.6 is 0 Å². The zero-order valence-corrected chi connectivity index (χ0v) is 10.1. The molecular weight excluding hydrogens is 188 g/mol. The molecule has 3 nitrogen and oxygen atoms in total. The van der Waals surface area contributed by atoms with Gasteiger partial charge in [0, 0.05) is 25.2 Å². The molecule has 2 unspecified atom stereocenters. The molecule has 0 aliphatic carbocycles. The van der Waals surface area contributed by atoms with Crippen LogP contribution < -0.4 is 10.6 Å². The Balaban J connectivity index is 1.80. The Bertz CT molecular complexity index is 206. The van der Waals surface area contributed by atoms with Crippen molar-refractivity contribution in [1.29, 1.82) is 0 Å². The molecule has 2 heterocycles. The Labute approximate surface area is 93.0 Å². The summed E-state index contributed by atoms with van der Waals surface area (Å²) in [6.07, 6.45) is 3.73. The van der Waals surface area contributed by atoms with Gasteiger partial charge in [-0.15, -0.1) is 0 Å². The van der Waals surface area contributed by atoms with Crippen LogP contribution in [0.5, 0.6) is 0 Å². The second kappa shape index (κ2) is 4.40. The summed E-state index contributed by atoms with van der Waals surface area (Å²) in [5.74, 6) is 0. The second-order valence-electron chi connectivity index (χ2n) is 5.81. The van der Waals surface area contributed by atoms with E-state index in [2.05, 4.69) is 24.5 Å². The molecule has 88 valence electrons. The molecule has 0 amide bonds. The van der Waals surface area contributed by atoms with Crippen LogP contribution in [-0.4, -0.2) is 38.4 Å². The van der Waals surface area contributed by atoms with Gasteiger partial charge in [-0.3, -0.25) is 0 Å². The molecule has 2 saturated heterocycles. The fraction of sp³-hybridized carbons (Fsp3) is 1.00. The molecule has 15 heavy (non-hydrogen) atoms. The van der Waals surface area contributed by atoms with Crippen LogP contribution in [0.1, 0.15) is 33.1 Å². The van der Waals surface area contributed by atoms with Crippen molar-refractivity contribution in [2.45, 2.75) is 38.6 Å². The molecule has 0 aromatic heterocycles. The normalized spacial score (nSPS) is 42.0. The van der Waals surface area contributed by atoms with E-state index in [0.29, 0.717) is 5.41 Å². The van der Waals surface area contributed by atoms with E-state index < -0.39 is 0 Å². The van der Waals surface area contributed by atoms with Crippen molar-refractivity contribution in [3.63, 3.8) is 0 Å². The summed E-state index contributed by atoms with van der Waals surface area (Å²) in [6.45, 7) is 9.90. The van der Waals surface area contributed by atoms with Crippen LogP contribution in [0, 0.1) is 5.41 Å². The maximum atomic E-state index is 5.56. The van der Waals surface area contributed by atoms with Crippen molar-refractivity contribution in [3.8, 4) is 0 Å². The van der Waals surface area contributed by atoms with Gasteiger partial charge in [0.25, 0.3) is 0 Å². The zero-order chi connectivity index (χ0) is 10.8. The molecule has 3 heteroatoms. The summed E-state index contributed by atoms with van der Waals surface area (Å²) in [5, 5.41) is 7.16. The summed E-state index contributed by atoms with van der Waals surface area (Å²) in [4.78, 5) is 0. The number of rotatable bonds is 3. The first-order valence-corrected chi connectivity index (χ1v) is 6.16. The van der Waals surface area contributed by atoms with Crippen molar-refractivity contribution < 1.29 is 4.74 Å². The van der Waals surface area contributed by atoms with E-state index in [1.54, 1.807) is 0 Å². The molecule has 2 fully saturated rings.